The van der Waals surface area contributed by atoms with Gasteiger partial charge in [-0.1, -0.05) is 6.92 Å². The van der Waals surface area contributed by atoms with Crippen LogP contribution in [0.25, 0.3) is 0 Å². The highest BCUT2D eigenvalue weighted by atomic mass is 32.2. The van der Waals surface area contributed by atoms with Crippen LogP contribution >= 0.6 is 0 Å². The van der Waals surface area contributed by atoms with Crippen molar-refractivity contribution in [1.29, 1.82) is 0 Å². The lowest BCUT2D eigenvalue weighted by Gasteiger charge is -2.01. The van der Waals surface area contributed by atoms with Gasteiger partial charge in [0.2, 0.25) is 0 Å². The van der Waals surface area contributed by atoms with Crippen LogP contribution in [0.1, 0.15) is 27.2 Å². The van der Waals surface area contributed by atoms with Crippen LogP contribution in [0.3, 0.4) is 0 Å². The summed E-state index contributed by atoms with van der Waals surface area (Å²) in [6.45, 7) is 5.29. The predicted octanol–water partition coefficient (Wildman–Crippen LogP) is 1.37. The first-order valence-corrected chi connectivity index (χ1v) is 4.73. The fourth-order valence-corrected chi connectivity index (χ4v) is 1.44. The van der Waals surface area contributed by atoms with Crippen molar-refractivity contribution in [2.45, 2.75) is 27.2 Å². The van der Waals surface area contributed by atoms with Gasteiger partial charge in [-0.05, 0) is 20.3 Å². The lowest BCUT2D eigenvalue weighted by atomic mass is 10.6. The highest BCUT2D eigenvalue weighted by Gasteiger charge is 2.00. The minimum absolute atomic E-state index is 0.398. The van der Waals surface area contributed by atoms with Gasteiger partial charge in [-0.3, -0.25) is 0 Å². The average molecular weight is 150 g/mol. The maximum absolute atomic E-state index is 11.0. The van der Waals surface area contributed by atoms with Crippen LogP contribution in [0.15, 0.2) is 0 Å². The summed E-state index contributed by atoms with van der Waals surface area (Å²) in [6, 6.07) is 0. The molecule has 0 bridgehead atoms. The van der Waals surface area contributed by atoms with E-state index < -0.39 is 9.80 Å². The molecular weight excluding hydrogens is 136 g/mol. The van der Waals surface area contributed by atoms with Gasteiger partial charge in [0, 0.05) is 10.6 Å². The normalized spacial score (nSPS) is 16.9. The Kier molecular flexibility index (Phi) is 3.22. The maximum atomic E-state index is 11.0. The van der Waals surface area contributed by atoms with Crippen molar-refractivity contribution in [3.8, 4) is 0 Å². The highest BCUT2D eigenvalue weighted by Crippen LogP contribution is 1.92. The van der Waals surface area contributed by atoms with Crippen LogP contribution in [0, 0.1) is 0 Å². The lowest BCUT2D eigenvalue weighted by molar-refractivity contribution is 0.557. The van der Waals surface area contributed by atoms with Crippen molar-refractivity contribution >= 4 is 14.7 Å². The Bertz CT molecular complexity index is 183. The molecule has 0 aromatic carbocycles. The molecule has 3 heteroatoms. The fourth-order valence-electron chi connectivity index (χ4n) is 0.481. The van der Waals surface area contributed by atoms with Gasteiger partial charge in [0.05, 0.1) is 9.80 Å². The van der Waals surface area contributed by atoms with E-state index in [0.29, 0.717) is 10.6 Å². The van der Waals surface area contributed by atoms with E-state index in [1.165, 1.54) is 0 Å². The molecule has 0 aromatic heterocycles. The Morgan fingerprint density at radius 2 is 2.00 bits per heavy atom. The summed E-state index contributed by atoms with van der Waals surface area (Å²) < 4.78 is 20.1. The minimum Gasteiger partial charge on any atom is -0.313 e. The Morgan fingerprint density at radius 1 is 1.56 bits per heavy atom. The van der Waals surface area contributed by atoms with Crippen LogP contribution in [0.5, 0.6) is 0 Å². The second-order valence-electron chi connectivity index (χ2n) is 2.25. The van der Waals surface area contributed by atoms with Crippen molar-refractivity contribution in [1.82, 2.24) is 0 Å². The second-order valence-corrected chi connectivity index (χ2v) is 4.76. The molecule has 0 amide bonds. The quantitative estimate of drug-likeness (QED) is 0.603. The first-order chi connectivity index (χ1) is 4.00. The topological polar surface area (TPSA) is 37.3 Å². The lowest BCUT2D eigenvalue weighted by Crippen LogP contribution is -2.11. The van der Waals surface area contributed by atoms with Gasteiger partial charge in [-0.25, -0.2) is 4.21 Å². The molecule has 0 aromatic rings. The van der Waals surface area contributed by atoms with Gasteiger partial charge in [-0.2, -0.15) is 0 Å². The molecule has 0 radical (unpaired) electrons. The SMILES string of the molecule is CCCS(=O)(O)=C(C)C. The van der Waals surface area contributed by atoms with Crippen molar-refractivity contribution < 1.29 is 8.76 Å². The summed E-state index contributed by atoms with van der Waals surface area (Å²) in [6.07, 6.45) is 0.764. The molecule has 9 heavy (non-hydrogen) atoms. The molecule has 0 saturated carbocycles. The summed E-state index contributed by atoms with van der Waals surface area (Å²) in [7, 11) is -2.58. The predicted molar refractivity (Wildman–Crippen MR) is 42.3 cm³/mol. The highest BCUT2D eigenvalue weighted by molar-refractivity contribution is 7.97. The molecule has 0 fully saturated rings. The van der Waals surface area contributed by atoms with Crippen LogP contribution in [-0.4, -0.2) is 19.4 Å². The number of hydrogen-bond donors (Lipinski definition) is 1. The van der Waals surface area contributed by atoms with Gasteiger partial charge in [0.15, 0.2) is 0 Å². The third kappa shape index (κ3) is 2.87. The van der Waals surface area contributed by atoms with Gasteiger partial charge < -0.3 is 4.55 Å². The van der Waals surface area contributed by atoms with Crippen molar-refractivity contribution in [2.24, 2.45) is 0 Å². The van der Waals surface area contributed by atoms with E-state index in [-0.39, 0.29) is 0 Å². The molecule has 1 N–H and O–H groups in total. The molecule has 0 spiro atoms. The smallest absolute Gasteiger partial charge is 0.0801 e. The van der Waals surface area contributed by atoms with Crippen molar-refractivity contribution in [3.05, 3.63) is 0 Å². The van der Waals surface area contributed by atoms with Crippen molar-refractivity contribution in [3.63, 3.8) is 0 Å². The summed E-state index contributed by atoms with van der Waals surface area (Å²) in [5.41, 5.74) is 0. The van der Waals surface area contributed by atoms with E-state index in [0.717, 1.165) is 6.42 Å². The zero-order valence-electron chi connectivity index (χ0n) is 6.18. The van der Waals surface area contributed by atoms with Crippen LogP contribution in [0.2, 0.25) is 0 Å². The Hall–Kier alpha value is -0.0200. The molecule has 0 aliphatic carbocycles. The molecule has 0 saturated heterocycles. The summed E-state index contributed by atoms with van der Waals surface area (Å²) in [5.74, 6) is 0.398. The van der Waals surface area contributed by atoms with Crippen LogP contribution in [0.4, 0.5) is 0 Å². The van der Waals surface area contributed by atoms with E-state index >= 15 is 0 Å². The second kappa shape index (κ2) is 3.22. The van der Waals surface area contributed by atoms with E-state index in [9.17, 15) is 4.21 Å². The zero-order valence-corrected chi connectivity index (χ0v) is 6.99. The maximum Gasteiger partial charge on any atom is 0.0801 e. The summed E-state index contributed by atoms with van der Waals surface area (Å²) >= 11 is 0. The summed E-state index contributed by atoms with van der Waals surface area (Å²) in [5, 5.41) is 0. The van der Waals surface area contributed by atoms with E-state index in [4.69, 9.17) is 4.55 Å². The molecule has 0 heterocycles. The number of rotatable bonds is 2. The first kappa shape index (κ1) is 8.98. The Labute approximate surface area is 57.1 Å². The standard InChI is InChI=1S/C6H14O2S/c1-4-5-9(7,8)6(2)3/h4-5H2,1-3H3,(H,7,8). The average Bonchev–Trinajstić information content (AvgIpc) is 1.65. The zero-order chi connectivity index (χ0) is 7.49. The fraction of sp³-hybridized carbons (Fsp3) is 0.833. The molecule has 0 aliphatic rings. The molecule has 56 valence electrons. The summed E-state index contributed by atoms with van der Waals surface area (Å²) in [4.78, 5) is 0.629. The molecular formula is C6H14O2S. The minimum atomic E-state index is -2.58. The molecule has 2 nitrogen and oxygen atoms in total. The third-order valence-corrected chi connectivity index (χ3v) is 3.36. The van der Waals surface area contributed by atoms with Crippen molar-refractivity contribution in [2.75, 3.05) is 5.75 Å². The molecule has 1 atom stereocenters. The van der Waals surface area contributed by atoms with Gasteiger partial charge in [0.1, 0.15) is 0 Å². The van der Waals surface area contributed by atoms with Crippen LogP contribution < -0.4 is 0 Å². The van der Waals surface area contributed by atoms with Gasteiger partial charge in [-0.15, -0.1) is 0 Å². The Balaban J connectivity index is 4.40. The van der Waals surface area contributed by atoms with Crippen LogP contribution in [-0.2, 0) is 9.80 Å². The molecule has 1 unspecified atom stereocenters. The Morgan fingerprint density at radius 3 is 2.11 bits per heavy atom. The third-order valence-electron chi connectivity index (χ3n) is 1.12. The van der Waals surface area contributed by atoms with E-state index in [1.807, 2.05) is 6.92 Å². The monoisotopic (exact) mass is 150 g/mol. The molecule has 0 rings (SSSR count). The van der Waals surface area contributed by atoms with Gasteiger partial charge >= 0.3 is 0 Å². The van der Waals surface area contributed by atoms with E-state index in [2.05, 4.69) is 0 Å². The van der Waals surface area contributed by atoms with Gasteiger partial charge in [0.25, 0.3) is 0 Å². The largest absolute Gasteiger partial charge is 0.313 e. The van der Waals surface area contributed by atoms with E-state index in [1.54, 1.807) is 13.8 Å². The molecule has 0 aliphatic heterocycles. The number of hydrogen-bond acceptors (Lipinski definition) is 1. The first-order valence-electron chi connectivity index (χ1n) is 3.05.